The number of benzene rings is 12. The van der Waals surface area contributed by atoms with Crippen LogP contribution in [0.5, 0.6) is 0 Å². The quantitative estimate of drug-likeness (QED) is 0.155. The lowest BCUT2D eigenvalue weighted by atomic mass is 9.79. The molecule has 320 valence electrons. The maximum atomic E-state index is 2.52. The highest BCUT2D eigenvalue weighted by Gasteiger charge is 2.38. The van der Waals surface area contributed by atoms with Crippen molar-refractivity contribution in [1.29, 1.82) is 0 Å². The molecular formula is C68H48. The first-order valence-corrected chi connectivity index (χ1v) is 24.2. The predicted molar refractivity (Wildman–Crippen MR) is 291 cm³/mol. The van der Waals surface area contributed by atoms with Crippen molar-refractivity contribution in [3.8, 4) is 66.8 Å². The zero-order valence-electron chi connectivity index (χ0n) is 38.8. The molecule has 12 aromatic rings. The Hall–Kier alpha value is -8.06. The van der Waals surface area contributed by atoms with Gasteiger partial charge in [0.15, 0.2) is 0 Å². The first-order valence-electron chi connectivity index (χ1n) is 24.2. The molecule has 0 heterocycles. The van der Waals surface area contributed by atoms with E-state index in [0.29, 0.717) is 0 Å². The molecule has 0 spiro atoms. The molecule has 14 rings (SSSR count). The summed E-state index contributed by atoms with van der Waals surface area (Å²) in [4.78, 5) is 0. The molecule has 0 N–H and O–H groups in total. The third-order valence-electron chi connectivity index (χ3n) is 16.0. The Morgan fingerprint density at radius 1 is 0.221 bits per heavy atom. The molecule has 0 fully saturated rings. The van der Waals surface area contributed by atoms with Crippen molar-refractivity contribution in [1.82, 2.24) is 0 Å². The van der Waals surface area contributed by atoms with E-state index in [-0.39, 0.29) is 10.8 Å². The molecule has 68 heavy (non-hydrogen) atoms. The number of rotatable bonds is 4. The molecule has 0 heteroatoms. The van der Waals surface area contributed by atoms with Crippen molar-refractivity contribution in [3.63, 3.8) is 0 Å². The molecule has 0 saturated heterocycles. The minimum Gasteiger partial charge on any atom is -0.0619 e. The Morgan fingerprint density at radius 3 is 0.897 bits per heavy atom. The van der Waals surface area contributed by atoms with Crippen molar-refractivity contribution in [2.45, 2.75) is 38.5 Å². The average Bonchev–Trinajstić information content (AvgIpc) is 3.75. The molecule has 0 unspecified atom stereocenters. The summed E-state index contributed by atoms with van der Waals surface area (Å²) in [5.41, 5.74) is 20.9. The molecule has 12 aromatic carbocycles. The van der Waals surface area contributed by atoms with Crippen LogP contribution in [0, 0.1) is 0 Å². The van der Waals surface area contributed by atoms with Crippen molar-refractivity contribution in [2.24, 2.45) is 0 Å². The highest BCUT2D eigenvalue weighted by Crippen LogP contribution is 2.55. The van der Waals surface area contributed by atoms with Gasteiger partial charge in [0, 0.05) is 10.8 Å². The van der Waals surface area contributed by atoms with E-state index in [1.54, 1.807) is 0 Å². The summed E-state index contributed by atoms with van der Waals surface area (Å²) in [6.45, 7) is 9.61. The maximum absolute atomic E-state index is 2.52. The topological polar surface area (TPSA) is 0 Å². The van der Waals surface area contributed by atoms with Crippen LogP contribution in [0.1, 0.15) is 49.9 Å². The van der Waals surface area contributed by atoms with Crippen LogP contribution in [0.25, 0.3) is 121 Å². The van der Waals surface area contributed by atoms with Gasteiger partial charge in [-0.2, -0.15) is 0 Å². The van der Waals surface area contributed by atoms with Gasteiger partial charge < -0.3 is 0 Å². The van der Waals surface area contributed by atoms with Gasteiger partial charge in [-0.15, -0.1) is 0 Å². The fourth-order valence-electron chi connectivity index (χ4n) is 12.8. The molecule has 0 nitrogen and oxygen atoms in total. The molecule has 0 bridgehead atoms. The van der Waals surface area contributed by atoms with Crippen LogP contribution < -0.4 is 0 Å². The lowest BCUT2D eigenvalue weighted by Gasteiger charge is -2.24. The van der Waals surface area contributed by atoms with E-state index >= 15 is 0 Å². The fourth-order valence-corrected chi connectivity index (χ4v) is 12.8. The second-order valence-corrected chi connectivity index (χ2v) is 20.3. The van der Waals surface area contributed by atoms with Crippen LogP contribution in [-0.4, -0.2) is 0 Å². The average molecular weight is 865 g/mol. The zero-order chi connectivity index (χ0) is 45.5. The number of hydrogen-bond acceptors (Lipinski definition) is 0. The van der Waals surface area contributed by atoms with Gasteiger partial charge in [0.25, 0.3) is 0 Å². The van der Waals surface area contributed by atoms with E-state index in [1.165, 1.54) is 143 Å². The Balaban J connectivity index is 0.914. The standard InChI is InChI=1S/C68H48/c1-67(2)59-28-16-15-19-47(59)48-34-31-44(38-60(48)67)64-55-24-11-13-26-57(55)66(58-27-14-12-25-56(58)64)46-33-36-50-49-35-32-45(39-61(49)68(3,4)62(50)40-46)65-53-22-9-7-20-51(53)63(52-21-8-10-23-54(52)65)43-30-29-41-17-5-6-18-42(41)37-43/h5-40H,1-4H3. The van der Waals surface area contributed by atoms with Crippen LogP contribution >= 0.6 is 0 Å². The first-order chi connectivity index (χ1) is 33.3. The second kappa shape index (κ2) is 14.2. The van der Waals surface area contributed by atoms with Crippen molar-refractivity contribution >= 4 is 53.9 Å². The van der Waals surface area contributed by atoms with Crippen molar-refractivity contribution in [3.05, 3.63) is 241 Å². The van der Waals surface area contributed by atoms with Gasteiger partial charge >= 0.3 is 0 Å². The minimum absolute atomic E-state index is 0.0757. The summed E-state index contributed by atoms with van der Waals surface area (Å²) in [5.74, 6) is 0. The normalized spacial score (nSPS) is 14.1. The molecular weight excluding hydrogens is 817 g/mol. The van der Waals surface area contributed by atoms with E-state index < -0.39 is 0 Å². The first kappa shape index (κ1) is 39.1. The van der Waals surface area contributed by atoms with Crippen LogP contribution in [0.3, 0.4) is 0 Å². The fraction of sp³-hybridized carbons (Fsp3) is 0.0882. The zero-order valence-corrected chi connectivity index (χ0v) is 38.8. The molecule has 0 amide bonds. The molecule has 2 aliphatic carbocycles. The summed E-state index contributed by atoms with van der Waals surface area (Å²) in [5, 5.41) is 12.8. The van der Waals surface area contributed by atoms with E-state index in [4.69, 9.17) is 0 Å². The smallest absolute Gasteiger partial charge is 0.0159 e. The van der Waals surface area contributed by atoms with Crippen LogP contribution in [-0.2, 0) is 10.8 Å². The van der Waals surface area contributed by atoms with E-state index in [2.05, 4.69) is 246 Å². The molecule has 0 radical (unpaired) electrons. The lowest BCUT2D eigenvalue weighted by Crippen LogP contribution is -2.15. The molecule has 0 atom stereocenters. The van der Waals surface area contributed by atoms with Crippen LogP contribution in [0.2, 0.25) is 0 Å². The van der Waals surface area contributed by atoms with Gasteiger partial charge in [-0.05, 0) is 167 Å². The lowest BCUT2D eigenvalue weighted by molar-refractivity contribution is 0.660. The molecule has 0 aromatic heterocycles. The van der Waals surface area contributed by atoms with Crippen molar-refractivity contribution in [2.75, 3.05) is 0 Å². The maximum Gasteiger partial charge on any atom is 0.0159 e. The number of hydrogen-bond donors (Lipinski definition) is 0. The summed E-state index contributed by atoms with van der Waals surface area (Å²) in [6.07, 6.45) is 0. The van der Waals surface area contributed by atoms with Gasteiger partial charge in [0.1, 0.15) is 0 Å². The SMILES string of the molecule is CC1(C)c2ccccc2-c2ccc(-c3c4ccccc4c(-c4ccc5c(c4)C(C)(C)c4cc(-c6c7ccccc7c(-c7ccc8ccccc8c7)c7ccccc67)ccc4-5)c4ccccc34)cc21. The molecule has 0 saturated carbocycles. The Labute approximate surface area is 397 Å². The monoisotopic (exact) mass is 864 g/mol. The summed E-state index contributed by atoms with van der Waals surface area (Å²) >= 11 is 0. The van der Waals surface area contributed by atoms with E-state index in [9.17, 15) is 0 Å². The number of fused-ring (bicyclic) bond motifs is 11. The Kier molecular flexibility index (Phi) is 8.19. The largest absolute Gasteiger partial charge is 0.0619 e. The highest BCUT2D eigenvalue weighted by atomic mass is 14.4. The van der Waals surface area contributed by atoms with Crippen molar-refractivity contribution < 1.29 is 0 Å². The molecule has 0 aliphatic heterocycles. The van der Waals surface area contributed by atoms with Gasteiger partial charge in [-0.3, -0.25) is 0 Å². The summed E-state index contributed by atoms with van der Waals surface area (Å²) < 4.78 is 0. The van der Waals surface area contributed by atoms with Gasteiger partial charge in [-0.1, -0.05) is 222 Å². The Morgan fingerprint density at radius 2 is 0.500 bits per heavy atom. The van der Waals surface area contributed by atoms with E-state index in [1.807, 2.05) is 0 Å². The summed E-state index contributed by atoms with van der Waals surface area (Å²) in [6, 6.07) is 82.6. The minimum atomic E-state index is -0.228. The highest BCUT2D eigenvalue weighted by molar-refractivity contribution is 6.23. The van der Waals surface area contributed by atoms with Crippen LogP contribution in [0.4, 0.5) is 0 Å². The van der Waals surface area contributed by atoms with Crippen LogP contribution in [0.15, 0.2) is 218 Å². The van der Waals surface area contributed by atoms with Gasteiger partial charge in [0.05, 0.1) is 0 Å². The Bertz CT molecular complexity index is 4020. The predicted octanol–water partition coefficient (Wildman–Crippen LogP) is 18.7. The third-order valence-corrected chi connectivity index (χ3v) is 16.0. The third kappa shape index (κ3) is 5.43. The van der Waals surface area contributed by atoms with Gasteiger partial charge in [-0.25, -0.2) is 0 Å². The summed E-state index contributed by atoms with van der Waals surface area (Å²) in [7, 11) is 0. The second-order valence-electron chi connectivity index (χ2n) is 20.3. The van der Waals surface area contributed by atoms with E-state index in [0.717, 1.165) is 0 Å². The molecule has 2 aliphatic rings. The van der Waals surface area contributed by atoms with Gasteiger partial charge in [0.2, 0.25) is 0 Å².